The van der Waals surface area contributed by atoms with E-state index in [4.69, 9.17) is 0 Å². The molecule has 3 rings (SSSR count). The lowest BCUT2D eigenvalue weighted by Gasteiger charge is -2.22. The highest BCUT2D eigenvalue weighted by Gasteiger charge is 2.27. The second-order valence-electron chi connectivity index (χ2n) is 8.35. The maximum atomic E-state index is 13.3. The number of hydrogen-bond donors (Lipinski definition) is 1. The van der Waals surface area contributed by atoms with E-state index in [0.29, 0.717) is 24.2 Å². The highest BCUT2D eigenvalue weighted by Crippen LogP contribution is 2.25. The zero-order valence-electron chi connectivity index (χ0n) is 18.4. The molecule has 0 aromatic heterocycles. The lowest BCUT2D eigenvalue weighted by Crippen LogP contribution is -2.33. The van der Waals surface area contributed by atoms with Gasteiger partial charge in [-0.15, -0.1) is 0 Å². The van der Waals surface area contributed by atoms with E-state index >= 15 is 0 Å². The highest BCUT2D eigenvalue weighted by molar-refractivity contribution is 7.89. The average Bonchev–Trinajstić information content (AvgIpc) is 3.00. The Bertz CT molecular complexity index is 1020. The van der Waals surface area contributed by atoms with Crippen molar-refractivity contribution in [2.24, 2.45) is 0 Å². The largest absolute Gasteiger partial charge is 0.346 e. The van der Waals surface area contributed by atoms with Crippen LogP contribution in [0.3, 0.4) is 0 Å². The Kier molecular flexibility index (Phi) is 6.98. The predicted octanol–water partition coefficient (Wildman–Crippen LogP) is 4.67. The lowest BCUT2D eigenvalue weighted by molar-refractivity contribution is 0.0939. The number of carbonyl (C=O) groups excluding carboxylic acids is 1. The number of benzene rings is 2. The van der Waals surface area contributed by atoms with Crippen LogP contribution in [0, 0.1) is 20.8 Å². The van der Waals surface area contributed by atoms with Gasteiger partial charge < -0.3 is 5.32 Å². The lowest BCUT2D eigenvalue weighted by atomic mass is 9.99. The monoisotopic (exact) mass is 428 g/mol. The molecule has 0 spiro atoms. The number of carbonyl (C=O) groups is 1. The molecule has 0 unspecified atom stereocenters. The molecule has 1 fully saturated rings. The molecule has 1 aliphatic heterocycles. The van der Waals surface area contributed by atoms with Gasteiger partial charge in [-0.05, 0) is 69.4 Å². The van der Waals surface area contributed by atoms with Crippen molar-refractivity contribution in [2.45, 2.75) is 64.3 Å². The number of nitrogens with one attached hydrogen (secondary N) is 1. The minimum atomic E-state index is -3.61. The van der Waals surface area contributed by atoms with Crippen molar-refractivity contribution in [3.05, 3.63) is 64.2 Å². The third kappa shape index (κ3) is 4.93. The molecule has 6 heteroatoms. The summed E-state index contributed by atoms with van der Waals surface area (Å²) in [5, 5.41) is 3.02. The van der Waals surface area contributed by atoms with Gasteiger partial charge in [0.25, 0.3) is 5.91 Å². The quantitative estimate of drug-likeness (QED) is 0.753. The van der Waals surface area contributed by atoms with E-state index in [2.05, 4.69) is 11.4 Å². The molecule has 1 atom stereocenters. The van der Waals surface area contributed by atoms with Gasteiger partial charge in [-0.1, -0.05) is 42.7 Å². The van der Waals surface area contributed by atoms with Crippen molar-refractivity contribution in [3.63, 3.8) is 0 Å². The Morgan fingerprint density at radius 1 is 0.933 bits per heavy atom. The number of nitrogens with zero attached hydrogens (tertiary/aromatic N) is 1. The molecule has 2 aromatic carbocycles. The smallest absolute Gasteiger partial charge is 0.251 e. The summed E-state index contributed by atoms with van der Waals surface area (Å²) in [6.45, 7) is 8.87. The van der Waals surface area contributed by atoms with Crippen molar-refractivity contribution >= 4 is 15.9 Å². The summed E-state index contributed by atoms with van der Waals surface area (Å²) in [6, 6.07) is 10.9. The van der Waals surface area contributed by atoms with Gasteiger partial charge in [0.1, 0.15) is 0 Å². The molecular formula is C24H32N2O3S. The minimum absolute atomic E-state index is 0.177. The second-order valence-corrected chi connectivity index (χ2v) is 10.3. The molecule has 1 saturated heterocycles. The van der Waals surface area contributed by atoms with Gasteiger partial charge in [0, 0.05) is 18.7 Å². The van der Waals surface area contributed by atoms with Crippen molar-refractivity contribution in [3.8, 4) is 0 Å². The first-order valence-electron chi connectivity index (χ1n) is 10.7. The molecule has 0 aliphatic carbocycles. The molecule has 1 N–H and O–H groups in total. The summed E-state index contributed by atoms with van der Waals surface area (Å²) in [5.41, 5.74) is 4.34. The fraction of sp³-hybridized carbons (Fsp3) is 0.458. The van der Waals surface area contributed by atoms with Crippen LogP contribution in [0.4, 0.5) is 0 Å². The van der Waals surface area contributed by atoms with Crippen molar-refractivity contribution in [2.75, 3.05) is 13.1 Å². The van der Waals surface area contributed by atoms with Crippen LogP contribution in [0.5, 0.6) is 0 Å². The van der Waals surface area contributed by atoms with Crippen LogP contribution in [-0.2, 0) is 10.0 Å². The zero-order valence-corrected chi connectivity index (χ0v) is 19.2. The third-order valence-electron chi connectivity index (χ3n) is 5.88. The zero-order chi connectivity index (χ0) is 21.9. The molecule has 1 aliphatic rings. The van der Waals surface area contributed by atoms with Crippen LogP contribution in [0.2, 0.25) is 0 Å². The molecular weight excluding hydrogens is 396 g/mol. The van der Waals surface area contributed by atoms with Crippen molar-refractivity contribution in [1.29, 1.82) is 0 Å². The van der Waals surface area contributed by atoms with E-state index in [9.17, 15) is 13.2 Å². The fourth-order valence-electron chi connectivity index (χ4n) is 4.02. The van der Waals surface area contributed by atoms with Gasteiger partial charge in [0.2, 0.25) is 10.0 Å². The van der Waals surface area contributed by atoms with E-state index in [-0.39, 0.29) is 16.8 Å². The molecule has 162 valence electrons. The summed E-state index contributed by atoms with van der Waals surface area (Å²) >= 11 is 0. The molecule has 0 radical (unpaired) electrons. The van der Waals surface area contributed by atoms with Crippen molar-refractivity contribution in [1.82, 2.24) is 9.62 Å². The highest BCUT2D eigenvalue weighted by atomic mass is 32.2. The Labute approximate surface area is 180 Å². The third-order valence-corrected chi connectivity index (χ3v) is 7.92. The SMILES string of the molecule is Cc1ccc(C)c([C@H](C)NC(=O)c2ccc(C)c(S(=O)(=O)N3CCCCCC3)c2)c1. The maximum absolute atomic E-state index is 13.3. The van der Waals surface area contributed by atoms with Gasteiger partial charge >= 0.3 is 0 Å². The number of sulfonamides is 1. The first-order valence-corrected chi connectivity index (χ1v) is 12.1. The number of aryl methyl sites for hydroxylation is 3. The van der Waals surface area contributed by atoms with Gasteiger partial charge in [0.05, 0.1) is 10.9 Å². The van der Waals surface area contributed by atoms with Crippen LogP contribution in [0.25, 0.3) is 0 Å². The fourth-order valence-corrected chi connectivity index (χ4v) is 5.79. The van der Waals surface area contributed by atoms with Crippen LogP contribution < -0.4 is 5.32 Å². The topological polar surface area (TPSA) is 66.5 Å². The van der Waals surface area contributed by atoms with Crippen molar-refractivity contribution < 1.29 is 13.2 Å². The maximum Gasteiger partial charge on any atom is 0.251 e. The Morgan fingerprint density at radius 2 is 1.57 bits per heavy atom. The normalized spacial score (nSPS) is 16.7. The molecule has 2 aromatic rings. The summed E-state index contributed by atoms with van der Waals surface area (Å²) in [5.74, 6) is -0.268. The summed E-state index contributed by atoms with van der Waals surface area (Å²) < 4.78 is 28.1. The minimum Gasteiger partial charge on any atom is -0.346 e. The van der Waals surface area contributed by atoms with Gasteiger partial charge in [-0.2, -0.15) is 4.31 Å². The summed E-state index contributed by atoms with van der Waals surface area (Å²) in [7, 11) is -3.61. The van der Waals surface area contributed by atoms with Gasteiger partial charge in [0.15, 0.2) is 0 Å². The Morgan fingerprint density at radius 3 is 2.23 bits per heavy atom. The van der Waals surface area contributed by atoms with E-state index in [1.807, 2.05) is 32.9 Å². The standard InChI is InChI=1S/C24H32N2O3S/c1-17-9-10-18(2)22(15-17)20(4)25-24(27)21-12-11-19(3)23(16-21)30(28,29)26-13-7-5-6-8-14-26/h9-12,15-16,20H,5-8,13-14H2,1-4H3,(H,25,27)/t20-/m0/s1. The van der Waals surface area contributed by atoms with Crippen LogP contribution in [-0.4, -0.2) is 31.7 Å². The van der Waals surface area contributed by atoms with E-state index in [0.717, 1.165) is 42.4 Å². The van der Waals surface area contributed by atoms with Gasteiger partial charge in [-0.25, -0.2) is 8.42 Å². The molecule has 1 heterocycles. The van der Waals surface area contributed by atoms with E-state index in [1.54, 1.807) is 23.4 Å². The molecule has 1 amide bonds. The predicted molar refractivity (Wildman–Crippen MR) is 120 cm³/mol. The van der Waals surface area contributed by atoms with Crippen LogP contribution >= 0.6 is 0 Å². The number of hydrogen-bond acceptors (Lipinski definition) is 3. The molecule has 0 bridgehead atoms. The summed E-state index contributed by atoms with van der Waals surface area (Å²) in [6.07, 6.45) is 3.88. The summed E-state index contributed by atoms with van der Waals surface area (Å²) in [4.78, 5) is 13.2. The molecule has 0 saturated carbocycles. The second kappa shape index (κ2) is 9.31. The first kappa shape index (κ1) is 22.5. The van der Waals surface area contributed by atoms with Crippen LogP contribution in [0.1, 0.15) is 71.3 Å². The Balaban J connectivity index is 1.85. The van der Waals surface area contributed by atoms with Crippen LogP contribution in [0.15, 0.2) is 41.3 Å². The van der Waals surface area contributed by atoms with Gasteiger partial charge in [-0.3, -0.25) is 4.79 Å². The average molecular weight is 429 g/mol. The Hall–Kier alpha value is -2.18. The number of amides is 1. The van der Waals surface area contributed by atoms with E-state index in [1.165, 1.54) is 6.07 Å². The number of rotatable bonds is 5. The molecule has 30 heavy (non-hydrogen) atoms. The van der Waals surface area contributed by atoms with E-state index < -0.39 is 10.0 Å². The first-order chi connectivity index (χ1) is 14.2. The molecule has 5 nitrogen and oxygen atoms in total.